The molecule has 0 spiro atoms. The van der Waals surface area contributed by atoms with Crippen LogP contribution in [0.3, 0.4) is 0 Å². The number of carbonyl (C=O) groups is 1. The first kappa shape index (κ1) is 23.4. The van der Waals surface area contributed by atoms with Gasteiger partial charge in [0.2, 0.25) is 5.95 Å². The third kappa shape index (κ3) is 4.41. The van der Waals surface area contributed by atoms with Crippen LogP contribution in [0.4, 0.5) is 11.6 Å². The number of anilines is 2. The van der Waals surface area contributed by atoms with Gasteiger partial charge in [-0.15, -0.1) is 11.3 Å². The van der Waals surface area contributed by atoms with Gasteiger partial charge in [0.25, 0.3) is 0 Å². The molecule has 1 fully saturated rings. The molecule has 4 aromatic rings. The Bertz CT molecular complexity index is 1430. The second-order valence-corrected chi connectivity index (χ2v) is 11.2. The van der Waals surface area contributed by atoms with E-state index in [-0.39, 0.29) is 0 Å². The SMILES string of the molecule is Cc1cc(Nc2nc(C)c3occc3n2)cc(-c2cnc([C@]3(O)CC[C@@H](C(=O)O)C(C)(C)C3)s2)c1. The Morgan fingerprint density at radius 3 is 2.77 bits per heavy atom. The lowest BCUT2D eigenvalue weighted by Gasteiger charge is -2.44. The topological polar surface area (TPSA) is 121 Å². The minimum atomic E-state index is -1.13. The zero-order valence-corrected chi connectivity index (χ0v) is 20.9. The standard InChI is InChI=1S/C26H28N4O4S/c1-14-9-16(11-17(10-14)29-24-28-15(2)21-19(30-24)6-8-34-21)20-12-27-23(35-20)26(33)7-5-18(22(31)32)25(3,4)13-26/h6,8-12,18,33H,5,7,13H2,1-4H3,(H,31,32)(H,28,29,30)/t18-,26-/m0/s1. The quantitative estimate of drug-likeness (QED) is 0.319. The molecule has 1 saturated carbocycles. The molecule has 3 aromatic heterocycles. The molecular formula is C26H28N4O4S. The van der Waals surface area contributed by atoms with Gasteiger partial charge in [0, 0.05) is 18.0 Å². The van der Waals surface area contributed by atoms with Crippen LogP contribution in [-0.2, 0) is 10.4 Å². The third-order valence-corrected chi connectivity index (χ3v) is 8.07. The van der Waals surface area contributed by atoms with Crippen molar-refractivity contribution in [2.45, 2.75) is 52.6 Å². The maximum Gasteiger partial charge on any atom is 0.307 e. The first-order valence-electron chi connectivity index (χ1n) is 11.6. The van der Waals surface area contributed by atoms with Crippen molar-refractivity contribution < 1.29 is 19.4 Å². The molecule has 0 saturated heterocycles. The van der Waals surface area contributed by atoms with Crippen molar-refractivity contribution in [3.05, 3.63) is 53.0 Å². The van der Waals surface area contributed by atoms with Gasteiger partial charge in [-0.2, -0.15) is 0 Å². The van der Waals surface area contributed by atoms with Crippen LogP contribution in [0.25, 0.3) is 21.5 Å². The number of aliphatic carboxylic acids is 1. The van der Waals surface area contributed by atoms with E-state index in [0.717, 1.165) is 32.9 Å². The lowest BCUT2D eigenvalue weighted by atomic mass is 9.63. The van der Waals surface area contributed by atoms with Crippen LogP contribution in [0.15, 0.2) is 41.1 Å². The number of thiazole rings is 1. The van der Waals surface area contributed by atoms with Crippen molar-refractivity contribution in [1.82, 2.24) is 15.0 Å². The summed E-state index contributed by atoms with van der Waals surface area (Å²) >= 11 is 1.45. The number of carboxylic acids is 1. The zero-order valence-electron chi connectivity index (χ0n) is 20.1. The predicted molar refractivity (Wildman–Crippen MR) is 135 cm³/mol. The number of aryl methyl sites for hydroxylation is 2. The first-order valence-corrected chi connectivity index (χ1v) is 12.4. The Morgan fingerprint density at radius 2 is 2.03 bits per heavy atom. The highest BCUT2D eigenvalue weighted by Gasteiger charge is 2.49. The number of hydrogen-bond acceptors (Lipinski definition) is 8. The highest BCUT2D eigenvalue weighted by Crippen LogP contribution is 2.50. The van der Waals surface area contributed by atoms with E-state index in [4.69, 9.17) is 4.42 Å². The summed E-state index contributed by atoms with van der Waals surface area (Å²) in [6.45, 7) is 7.72. The molecule has 5 rings (SSSR count). The van der Waals surface area contributed by atoms with Gasteiger partial charge < -0.3 is 19.9 Å². The molecule has 0 bridgehead atoms. The van der Waals surface area contributed by atoms with Crippen molar-refractivity contribution in [2.75, 3.05) is 5.32 Å². The predicted octanol–water partition coefficient (Wildman–Crippen LogP) is 5.81. The molecule has 2 atom stereocenters. The minimum Gasteiger partial charge on any atom is -0.481 e. The van der Waals surface area contributed by atoms with Crippen LogP contribution in [0.5, 0.6) is 0 Å². The average molecular weight is 493 g/mol. The van der Waals surface area contributed by atoms with Crippen LogP contribution >= 0.6 is 11.3 Å². The van der Waals surface area contributed by atoms with E-state index >= 15 is 0 Å². The Balaban J connectivity index is 1.42. The van der Waals surface area contributed by atoms with Gasteiger partial charge in [-0.05, 0) is 61.8 Å². The van der Waals surface area contributed by atoms with E-state index in [2.05, 4.69) is 26.3 Å². The number of nitrogens with zero attached hydrogens (tertiary/aromatic N) is 3. The first-order chi connectivity index (χ1) is 16.5. The van der Waals surface area contributed by atoms with Crippen LogP contribution in [0, 0.1) is 25.2 Å². The van der Waals surface area contributed by atoms with Crippen molar-refractivity contribution >= 4 is 40.0 Å². The van der Waals surface area contributed by atoms with Gasteiger partial charge in [-0.1, -0.05) is 19.9 Å². The second-order valence-electron chi connectivity index (χ2n) is 10.1. The van der Waals surface area contributed by atoms with Gasteiger partial charge in [0.05, 0.1) is 22.8 Å². The number of furan rings is 1. The molecule has 182 valence electrons. The Labute approximate surface area is 207 Å². The van der Waals surface area contributed by atoms with Crippen LogP contribution in [-0.4, -0.2) is 31.1 Å². The normalized spacial score (nSPS) is 21.8. The van der Waals surface area contributed by atoms with Crippen LogP contribution < -0.4 is 5.32 Å². The number of hydrogen-bond donors (Lipinski definition) is 3. The van der Waals surface area contributed by atoms with E-state index in [9.17, 15) is 15.0 Å². The van der Waals surface area contributed by atoms with Crippen molar-refractivity contribution in [2.24, 2.45) is 11.3 Å². The van der Waals surface area contributed by atoms with Gasteiger partial charge in [-0.3, -0.25) is 4.79 Å². The molecule has 0 unspecified atom stereocenters. The second kappa shape index (κ2) is 8.42. The number of aliphatic hydroxyl groups is 1. The minimum absolute atomic E-state index is 0.359. The van der Waals surface area contributed by atoms with Crippen molar-refractivity contribution in [3.8, 4) is 10.4 Å². The maximum absolute atomic E-state index is 11.7. The molecule has 8 nitrogen and oxygen atoms in total. The molecule has 1 aromatic carbocycles. The molecule has 3 N–H and O–H groups in total. The fourth-order valence-electron chi connectivity index (χ4n) is 5.19. The highest BCUT2D eigenvalue weighted by atomic mass is 32.1. The Hall–Kier alpha value is -3.30. The molecule has 35 heavy (non-hydrogen) atoms. The fourth-order valence-corrected chi connectivity index (χ4v) is 6.21. The van der Waals surface area contributed by atoms with E-state index in [0.29, 0.717) is 35.8 Å². The van der Waals surface area contributed by atoms with Crippen LogP contribution in [0.1, 0.15) is 49.4 Å². The summed E-state index contributed by atoms with van der Waals surface area (Å²) in [6.07, 6.45) is 4.55. The van der Waals surface area contributed by atoms with E-state index in [1.165, 1.54) is 11.3 Å². The van der Waals surface area contributed by atoms with E-state index in [1.807, 2.05) is 45.9 Å². The summed E-state index contributed by atoms with van der Waals surface area (Å²) in [5.74, 6) is -0.785. The number of aromatic nitrogens is 3. The number of rotatable bonds is 5. The molecule has 3 heterocycles. The number of fused-ring (bicyclic) bond motifs is 1. The smallest absolute Gasteiger partial charge is 0.307 e. The molecular weight excluding hydrogens is 464 g/mol. The number of nitrogens with one attached hydrogen (secondary N) is 1. The third-order valence-electron chi connectivity index (χ3n) is 6.83. The number of carboxylic acid groups (broad SMARTS) is 1. The van der Waals surface area contributed by atoms with Gasteiger partial charge in [-0.25, -0.2) is 15.0 Å². The summed E-state index contributed by atoms with van der Waals surface area (Å²) in [7, 11) is 0. The molecule has 0 aliphatic heterocycles. The summed E-state index contributed by atoms with van der Waals surface area (Å²) in [4.78, 5) is 26.2. The number of benzene rings is 1. The summed E-state index contributed by atoms with van der Waals surface area (Å²) in [5, 5.41) is 24.9. The average Bonchev–Trinajstić information content (AvgIpc) is 3.43. The summed E-state index contributed by atoms with van der Waals surface area (Å²) in [6, 6.07) is 7.92. The zero-order chi connectivity index (χ0) is 25.0. The van der Waals surface area contributed by atoms with Crippen LogP contribution in [0.2, 0.25) is 0 Å². The molecule has 1 aliphatic rings. The highest BCUT2D eigenvalue weighted by molar-refractivity contribution is 7.15. The lowest BCUT2D eigenvalue weighted by Crippen LogP contribution is -2.44. The van der Waals surface area contributed by atoms with E-state index < -0.39 is 22.9 Å². The Kier molecular flexibility index (Phi) is 5.64. The largest absolute Gasteiger partial charge is 0.481 e. The summed E-state index contributed by atoms with van der Waals surface area (Å²) < 4.78 is 5.43. The summed E-state index contributed by atoms with van der Waals surface area (Å²) in [5.41, 5.74) is 3.40. The lowest BCUT2D eigenvalue weighted by molar-refractivity contribution is -0.154. The monoisotopic (exact) mass is 492 g/mol. The van der Waals surface area contributed by atoms with E-state index in [1.54, 1.807) is 12.5 Å². The van der Waals surface area contributed by atoms with Crippen molar-refractivity contribution in [3.63, 3.8) is 0 Å². The molecule has 1 aliphatic carbocycles. The molecule has 0 amide bonds. The van der Waals surface area contributed by atoms with Gasteiger partial charge in [0.15, 0.2) is 5.58 Å². The Morgan fingerprint density at radius 1 is 1.23 bits per heavy atom. The van der Waals surface area contributed by atoms with Crippen molar-refractivity contribution in [1.29, 1.82) is 0 Å². The van der Waals surface area contributed by atoms with Gasteiger partial charge >= 0.3 is 5.97 Å². The molecule has 0 radical (unpaired) electrons. The maximum atomic E-state index is 11.7. The fraction of sp³-hybridized carbons (Fsp3) is 0.385. The molecule has 9 heteroatoms. The van der Waals surface area contributed by atoms with Gasteiger partial charge in [0.1, 0.15) is 16.1 Å².